The molecule has 0 aromatic carbocycles. The van der Waals surface area contributed by atoms with Crippen molar-refractivity contribution < 1.29 is 4.79 Å². The van der Waals surface area contributed by atoms with E-state index in [-0.39, 0.29) is 35.0 Å². The molecule has 2 heterocycles. The van der Waals surface area contributed by atoms with Gasteiger partial charge in [-0.2, -0.15) is 0 Å². The maximum Gasteiger partial charge on any atom is 0.267 e. The Hall–Kier alpha value is -1.05. The molecule has 116 valence electrons. The Morgan fingerprint density at radius 2 is 2.19 bits per heavy atom. The predicted molar refractivity (Wildman–Crippen MR) is 84.2 cm³/mol. The molecule has 0 unspecified atom stereocenters. The molecule has 1 saturated carbocycles. The average Bonchev–Trinajstić information content (AvgIpc) is 3.08. The second kappa shape index (κ2) is 6.37. The first-order chi connectivity index (χ1) is 9.65. The number of carbonyl (C=O) groups excluding carboxylic acids is 1. The molecule has 0 saturated heterocycles. The minimum atomic E-state index is -0.345. The van der Waals surface area contributed by atoms with Gasteiger partial charge in [0.1, 0.15) is 5.56 Å². The second-order valence-corrected chi connectivity index (χ2v) is 6.47. The zero-order valence-electron chi connectivity index (χ0n) is 11.6. The topological polar surface area (TPSA) is 90.0 Å². The summed E-state index contributed by atoms with van der Waals surface area (Å²) in [5.41, 5.74) is 5.33. The van der Waals surface area contributed by atoms with Crippen LogP contribution in [0.5, 0.6) is 0 Å². The first kappa shape index (κ1) is 16.3. The van der Waals surface area contributed by atoms with E-state index in [1.807, 2.05) is 0 Å². The lowest BCUT2D eigenvalue weighted by Crippen LogP contribution is -2.52. The van der Waals surface area contributed by atoms with Crippen LogP contribution in [-0.2, 0) is 6.54 Å². The van der Waals surface area contributed by atoms with Gasteiger partial charge in [-0.3, -0.25) is 14.2 Å². The number of carbonyl (C=O) groups is 1. The zero-order valence-corrected chi connectivity index (χ0v) is 13.3. The molecule has 21 heavy (non-hydrogen) atoms. The summed E-state index contributed by atoms with van der Waals surface area (Å²) in [6, 6.07) is 0. The number of aromatic nitrogens is 2. The van der Waals surface area contributed by atoms with Crippen molar-refractivity contribution in [1.29, 1.82) is 0 Å². The van der Waals surface area contributed by atoms with Crippen molar-refractivity contribution in [3.63, 3.8) is 0 Å². The molecule has 1 fully saturated rings. The number of nitrogens with two attached hydrogens (primary N) is 1. The maximum absolute atomic E-state index is 12.4. The quantitative estimate of drug-likeness (QED) is 0.799. The summed E-state index contributed by atoms with van der Waals surface area (Å²) in [5.74, 6) is 0.488. The minimum Gasteiger partial charge on any atom is -0.345 e. The van der Waals surface area contributed by atoms with Gasteiger partial charge in [-0.25, -0.2) is 4.98 Å². The van der Waals surface area contributed by atoms with Gasteiger partial charge in [0.05, 0.1) is 5.54 Å². The summed E-state index contributed by atoms with van der Waals surface area (Å²) < 4.78 is 1.57. The number of thioether (sulfide) groups is 1. The molecule has 0 atom stereocenters. The average molecular weight is 331 g/mol. The Kier molecular flexibility index (Phi) is 4.95. The highest BCUT2D eigenvalue weighted by molar-refractivity contribution is 7.99. The molecule has 1 aliphatic heterocycles. The minimum absolute atomic E-state index is 0. The Balaban J connectivity index is 0.00000161. The number of amides is 1. The van der Waals surface area contributed by atoms with Crippen LogP contribution in [-0.4, -0.2) is 33.3 Å². The molecule has 1 aromatic rings. The third-order valence-electron chi connectivity index (χ3n) is 4.13. The number of nitrogens with zero attached hydrogens (tertiary/aromatic N) is 2. The van der Waals surface area contributed by atoms with E-state index >= 15 is 0 Å². The Bertz CT molecular complexity index is 598. The van der Waals surface area contributed by atoms with Crippen LogP contribution in [0.4, 0.5) is 0 Å². The predicted octanol–water partition coefficient (Wildman–Crippen LogP) is 0.772. The summed E-state index contributed by atoms with van der Waals surface area (Å²) in [6.45, 7) is 1.03. The van der Waals surface area contributed by atoms with Crippen molar-refractivity contribution >= 4 is 30.1 Å². The third-order valence-corrected chi connectivity index (χ3v) is 5.10. The van der Waals surface area contributed by atoms with Crippen LogP contribution in [0, 0.1) is 0 Å². The van der Waals surface area contributed by atoms with Crippen molar-refractivity contribution in [3.8, 4) is 0 Å². The van der Waals surface area contributed by atoms with Crippen LogP contribution in [0.15, 0.2) is 16.1 Å². The van der Waals surface area contributed by atoms with E-state index in [9.17, 15) is 9.59 Å². The van der Waals surface area contributed by atoms with Gasteiger partial charge in [-0.15, -0.1) is 12.4 Å². The molecule has 6 nitrogen and oxygen atoms in total. The molecule has 8 heteroatoms. The van der Waals surface area contributed by atoms with E-state index in [0.717, 1.165) is 31.4 Å². The molecule has 0 spiro atoms. The van der Waals surface area contributed by atoms with E-state index in [4.69, 9.17) is 5.73 Å². The highest BCUT2D eigenvalue weighted by atomic mass is 35.5. The van der Waals surface area contributed by atoms with E-state index < -0.39 is 0 Å². The van der Waals surface area contributed by atoms with Crippen molar-refractivity contribution in [2.24, 2.45) is 5.73 Å². The fraction of sp³-hybridized carbons (Fsp3) is 0.615. The molecule has 0 bridgehead atoms. The first-order valence-corrected chi connectivity index (χ1v) is 7.89. The van der Waals surface area contributed by atoms with Crippen LogP contribution in [0.25, 0.3) is 0 Å². The summed E-state index contributed by atoms with van der Waals surface area (Å²) in [5, 5.41) is 3.66. The number of fused-ring (bicyclic) bond motifs is 1. The lowest BCUT2D eigenvalue weighted by molar-refractivity contribution is 0.0900. The molecule has 0 radical (unpaired) electrons. The summed E-state index contributed by atoms with van der Waals surface area (Å²) >= 11 is 1.54. The van der Waals surface area contributed by atoms with Crippen LogP contribution in [0.3, 0.4) is 0 Å². The molecular formula is C13H19ClN4O2S. The highest BCUT2D eigenvalue weighted by Crippen LogP contribution is 2.29. The molecule has 1 aliphatic carbocycles. The molecule has 2 aliphatic rings. The van der Waals surface area contributed by atoms with E-state index in [0.29, 0.717) is 18.2 Å². The first-order valence-electron chi connectivity index (χ1n) is 6.90. The van der Waals surface area contributed by atoms with Gasteiger partial charge in [0, 0.05) is 25.0 Å². The number of hydrogen-bond donors (Lipinski definition) is 2. The highest BCUT2D eigenvalue weighted by Gasteiger charge is 2.35. The van der Waals surface area contributed by atoms with Crippen molar-refractivity contribution in [2.45, 2.75) is 42.9 Å². The smallest absolute Gasteiger partial charge is 0.267 e. The number of rotatable bonds is 3. The van der Waals surface area contributed by atoms with Gasteiger partial charge in [0.15, 0.2) is 5.16 Å². The van der Waals surface area contributed by atoms with Crippen molar-refractivity contribution in [3.05, 3.63) is 22.1 Å². The SMILES string of the molecule is Cl.NCC1(NC(=O)c2cnc3n(c2=O)CCS3)CCCC1. The van der Waals surface area contributed by atoms with Gasteiger partial charge in [-0.1, -0.05) is 24.6 Å². The molecular weight excluding hydrogens is 312 g/mol. The van der Waals surface area contributed by atoms with Gasteiger partial charge in [0.2, 0.25) is 0 Å². The number of hydrogen-bond acceptors (Lipinski definition) is 5. The van der Waals surface area contributed by atoms with Crippen LogP contribution in [0.2, 0.25) is 0 Å². The normalized spacial score (nSPS) is 18.9. The zero-order chi connectivity index (χ0) is 14.2. The van der Waals surface area contributed by atoms with E-state index in [1.54, 1.807) is 4.57 Å². The molecule has 3 rings (SSSR count). The van der Waals surface area contributed by atoms with Gasteiger partial charge >= 0.3 is 0 Å². The van der Waals surface area contributed by atoms with Crippen molar-refractivity contribution in [2.75, 3.05) is 12.3 Å². The number of nitrogens with one attached hydrogen (secondary N) is 1. The standard InChI is InChI=1S/C13H18N4O2S.ClH/c14-8-13(3-1-2-4-13)16-10(18)9-7-15-12-17(11(9)19)5-6-20-12;/h7H,1-6,8,14H2,(H,16,18);1H. The van der Waals surface area contributed by atoms with Crippen LogP contribution < -0.4 is 16.6 Å². The van der Waals surface area contributed by atoms with Crippen LogP contribution >= 0.6 is 24.2 Å². The molecule has 1 amide bonds. The van der Waals surface area contributed by atoms with E-state index in [2.05, 4.69) is 10.3 Å². The second-order valence-electron chi connectivity index (χ2n) is 5.41. The third kappa shape index (κ3) is 2.95. The fourth-order valence-electron chi connectivity index (χ4n) is 2.91. The number of halogens is 1. The summed E-state index contributed by atoms with van der Waals surface area (Å²) in [7, 11) is 0. The van der Waals surface area contributed by atoms with Gasteiger partial charge < -0.3 is 11.1 Å². The maximum atomic E-state index is 12.4. The van der Waals surface area contributed by atoms with Gasteiger partial charge in [-0.05, 0) is 12.8 Å². The lowest BCUT2D eigenvalue weighted by atomic mass is 9.97. The Morgan fingerprint density at radius 3 is 2.86 bits per heavy atom. The monoisotopic (exact) mass is 330 g/mol. The molecule has 1 aromatic heterocycles. The summed E-state index contributed by atoms with van der Waals surface area (Å²) in [6.07, 6.45) is 5.28. The van der Waals surface area contributed by atoms with Crippen molar-refractivity contribution in [1.82, 2.24) is 14.9 Å². The van der Waals surface area contributed by atoms with Gasteiger partial charge in [0.25, 0.3) is 11.5 Å². The Morgan fingerprint density at radius 1 is 1.48 bits per heavy atom. The summed E-state index contributed by atoms with van der Waals surface area (Å²) in [4.78, 5) is 28.8. The molecule has 3 N–H and O–H groups in total. The van der Waals surface area contributed by atoms with E-state index in [1.165, 1.54) is 18.0 Å². The Labute approximate surface area is 133 Å². The lowest BCUT2D eigenvalue weighted by Gasteiger charge is -2.28. The van der Waals surface area contributed by atoms with Crippen LogP contribution in [0.1, 0.15) is 36.0 Å². The fourth-order valence-corrected chi connectivity index (χ4v) is 3.83. The largest absolute Gasteiger partial charge is 0.345 e.